The molecule has 0 bridgehead atoms. The van der Waals surface area contributed by atoms with E-state index >= 15 is 0 Å². The first-order chi connectivity index (χ1) is 11.2. The molecule has 5 heteroatoms. The van der Waals surface area contributed by atoms with E-state index < -0.39 is 0 Å². The lowest BCUT2D eigenvalue weighted by Gasteiger charge is -2.37. The fourth-order valence-electron chi connectivity index (χ4n) is 3.63. The zero-order valence-corrected chi connectivity index (χ0v) is 13.6. The van der Waals surface area contributed by atoms with Crippen molar-refractivity contribution in [2.45, 2.75) is 38.3 Å². The standard InChI is InChI=1S/C18H25NO4/c1-2-23-14-7-5-13(6-8-14)18(21)19-10-3-4-16(19)15-12-22-11-9-17(15)20/h5-8,15-17,20H,2-4,9-12H2,1H3/t15-,16-,17+/m1/s1. The molecule has 1 aromatic carbocycles. The second-order valence-corrected chi connectivity index (χ2v) is 6.26. The molecule has 0 spiro atoms. The zero-order valence-electron chi connectivity index (χ0n) is 13.6. The van der Waals surface area contributed by atoms with Crippen molar-refractivity contribution >= 4 is 5.91 Å². The number of aliphatic hydroxyl groups excluding tert-OH is 1. The van der Waals surface area contributed by atoms with E-state index in [9.17, 15) is 9.90 Å². The maximum absolute atomic E-state index is 12.8. The van der Waals surface area contributed by atoms with Crippen LogP contribution in [0.5, 0.6) is 5.75 Å². The van der Waals surface area contributed by atoms with E-state index in [1.165, 1.54) is 0 Å². The van der Waals surface area contributed by atoms with Crippen LogP contribution >= 0.6 is 0 Å². The van der Waals surface area contributed by atoms with Crippen molar-refractivity contribution in [2.75, 3.05) is 26.4 Å². The molecule has 2 fully saturated rings. The largest absolute Gasteiger partial charge is 0.494 e. The Morgan fingerprint density at radius 3 is 2.83 bits per heavy atom. The molecule has 3 rings (SSSR count). The van der Waals surface area contributed by atoms with Gasteiger partial charge in [-0.05, 0) is 50.5 Å². The number of amides is 1. The Labute approximate surface area is 137 Å². The van der Waals surface area contributed by atoms with Gasteiger partial charge in [0, 0.05) is 30.7 Å². The zero-order chi connectivity index (χ0) is 16.2. The maximum Gasteiger partial charge on any atom is 0.254 e. The van der Waals surface area contributed by atoms with Gasteiger partial charge in [0.2, 0.25) is 0 Å². The summed E-state index contributed by atoms with van der Waals surface area (Å²) in [6, 6.07) is 7.37. The highest BCUT2D eigenvalue weighted by Crippen LogP contribution is 2.31. The predicted molar refractivity (Wildman–Crippen MR) is 86.6 cm³/mol. The molecule has 5 nitrogen and oxygen atoms in total. The van der Waals surface area contributed by atoms with Crippen molar-refractivity contribution in [1.82, 2.24) is 4.90 Å². The molecule has 1 aromatic rings. The first kappa shape index (κ1) is 16.3. The summed E-state index contributed by atoms with van der Waals surface area (Å²) in [4.78, 5) is 14.8. The summed E-state index contributed by atoms with van der Waals surface area (Å²) >= 11 is 0. The van der Waals surface area contributed by atoms with Gasteiger partial charge in [0.15, 0.2) is 0 Å². The molecule has 1 N–H and O–H groups in total. The summed E-state index contributed by atoms with van der Waals surface area (Å²) in [6.45, 7) is 4.45. The Bertz CT molecular complexity index is 530. The molecule has 0 aliphatic carbocycles. The van der Waals surface area contributed by atoms with Crippen LogP contribution in [0.2, 0.25) is 0 Å². The first-order valence-corrected chi connectivity index (χ1v) is 8.50. The highest BCUT2D eigenvalue weighted by atomic mass is 16.5. The van der Waals surface area contributed by atoms with Crippen LogP contribution in [0.3, 0.4) is 0 Å². The Balaban J connectivity index is 1.72. The smallest absolute Gasteiger partial charge is 0.254 e. The SMILES string of the molecule is CCOc1ccc(C(=O)N2CCC[C@@H]2[C@H]2COCC[C@@H]2O)cc1. The summed E-state index contributed by atoms with van der Waals surface area (Å²) in [5, 5.41) is 10.3. The van der Waals surface area contributed by atoms with Crippen molar-refractivity contribution in [3.63, 3.8) is 0 Å². The van der Waals surface area contributed by atoms with Gasteiger partial charge < -0.3 is 19.5 Å². The van der Waals surface area contributed by atoms with Gasteiger partial charge >= 0.3 is 0 Å². The number of carbonyl (C=O) groups is 1. The number of benzene rings is 1. The summed E-state index contributed by atoms with van der Waals surface area (Å²) in [5.41, 5.74) is 0.673. The highest BCUT2D eigenvalue weighted by Gasteiger charge is 2.39. The van der Waals surface area contributed by atoms with Crippen LogP contribution in [-0.4, -0.2) is 54.4 Å². The minimum atomic E-state index is -0.373. The van der Waals surface area contributed by atoms with E-state index in [1.807, 2.05) is 36.1 Å². The van der Waals surface area contributed by atoms with E-state index in [0.29, 0.717) is 31.8 Å². The van der Waals surface area contributed by atoms with Crippen molar-refractivity contribution < 1.29 is 19.4 Å². The van der Waals surface area contributed by atoms with E-state index in [4.69, 9.17) is 9.47 Å². The number of rotatable bonds is 4. The van der Waals surface area contributed by atoms with Crippen molar-refractivity contribution in [3.05, 3.63) is 29.8 Å². The molecule has 126 valence electrons. The molecular weight excluding hydrogens is 294 g/mol. The molecule has 2 saturated heterocycles. The normalized spacial score (nSPS) is 27.9. The van der Waals surface area contributed by atoms with Crippen molar-refractivity contribution in [1.29, 1.82) is 0 Å². The monoisotopic (exact) mass is 319 g/mol. The molecule has 0 radical (unpaired) electrons. The molecule has 0 unspecified atom stereocenters. The second kappa shape index (κ2) is 7.32. The number of hydrogen-bond acceptors (Lipinski definition) is 4. The van der Waals surface area contributed by atoms with E-state index in [2.05, 4.69) is 0 Å². The lowest BCUT2D eigenvalue weighted by molar-refractivity contribution is -0.0589. The average molecular weight is 319 g/mol. The second-order valence-electron chi connectivity index (χ2n) is 6.26. The average Bonchev–Trinajstić information content (AvgIpc) is 3.05. The van der Waals surface area contributed by atoms with Gasteiger partial charge in [-0.1, -0.05) is 0 Å². The Morgan fingerprint density at radius 1 is 1.35 bits per heavy atom. The summed E-state index contributed by atoms with van der Waals surface area (Å²) in [6.07, 6.45) is 2.21. The third-order valence-electron chi connectivity index (χ3n) is 4.83. The number of ether oxygens (including phenoxy) is 2. The molecule has 1 amide bonds. The fraction of sp³-hybridized carbons (Fsp3) is 0.611. The molecule has 3 atom stereocenters. The van der Waals surface area contributed by atoms with Crippen LogP contribution < -0.4 is 4.74 Å². The number of aliphatic hydroxyl groups is 1. The van der Waals surface area contributed by atoms with Crippen LogP contribution in [0.4, 0.5) is 0 Å². The van der Waals surface area contributed by atoms with Crippen LogP contribution in [0.25, 0.3) is 0 Å². The molecule has 2 heterocycles. The summed E-state index contributed by atoms with van der Waals surface area (Å²) < 4.78 is 10.9. The van der Waals surface area contributed by atoms with Crippen molar-refractivity contribution in [2.24, 2.45) is 5.92 Å². The lowest BCUT2D eigenvalue weighted by Crippen LogP contribution is -2.48. The molecule has 0 aromatic heterocycles. The molecule has 0 saturated carbocycles. The van der Waals surface area contributed by atoms with Crippen LogP contribution in [0.15, 0.2) is 24.3 Å². The third kappa shape index (κ3) is 3.51. The molecule has 2 aliphatic heterocycles. The highest BCUT2D eigenvalue weighted by molar-refractivity contribution is 5.94. The number of nitrogens with zero attached hydrogens (tertiary/aromatic N) is 1. The van der Waals surface area contributed by atoms with E-state index in [0.717, 1.165) is 25.1 Å². The van der Waals surface area contributed by atoms with Crippen LogP contribution in [-0.2, 0) is 4.74 Å². The van der Waals surface area contributed by atoms with Gasteiger partial charge in [0.05, 0.1) is 19.3 Å². The Hall–Kier alpha value is -1.59. The Kier molecular flexibility index (Phi) is 5.18. The molecular formula is C18H25NO4. The first-order valence-electron chi connectivity index (χ1n) is 8.50. The maximum atomic E-state index is 12.8. The van der Waals surface area contributed by atoms with Crippen LogP contribution in [0.1, 0.15) is 36.5 Å². The van der Waals surface area contributed by atoms with Gasteiger partial charge in [-0.3, -0.25) is 4.79 Å². The number of likely N-dealkylation sites (tertiary alicyclic amines) is 1. The summed E-state index contributed by atoms with van der Waals surface area (Å²) in [7, 11) is 0. The van der Waals surface area contributed by atoms with E-state index in [1.54, 1.807) is 0 Å². The van der Waals surface area contributed by atoms with Gasteiger partial charge in [-0.2, -0.15) is 0 Å². The quantitative estimate of drug-likeness (QED) is 0.923. The van der Waals surface area contributed by atoms with Gasteiger partial charge in [0.1, 0.15) is 5.75 Å². The topological polar surface area (TPSA) is 59.0 Å². The summed E-state index contributed by atoms with van der Waals surface area (Å²) in [5.74, 6) is 0.837. The number of hydrogen-bond donors (Lipinski definition) is 1. The third-order valence-corrected chi connectivity index (χ3v) is 4.83. The number of carbonyl (C=O) groups excluding carboxylic acids is 1. The lowest BCUT2D eigenvalue weighted by atomic mass is 9.89. The van der Waals surface area contributed by atoms with Gasteiger partial charge in [0.25, 0.3) is 5.91 Å². The van der Waals surface area contributed by atoms with Crippen molar-refractivity contribution in [3.8, 4) is 5.75 Å². The van der Waals surface area contributed by atoms with E-state index in [-0.39, 0.29) is 24.0 Å². The van der Waals surface area contributed by atoms with Gasteiger partial charge in [-0.25, -0.2) is 0 Å². The Morgan fingerprint density at radius 2 is 2.13 bits per heavy atom. The fourth-order valence-corrected chi connectivity index (χ4v) is 3.63. The van der Waals surface area contributed by atoms with Crippen LogP contribution in [0, 0.1) is 5.92 Å². The van der Waals surface area contributed by atoms with Gasteiger partial charge in [-0.15, -0.1) is 0 Å². The predicted octanol–water partition coefficient (Wildman–Crippen LogP) is 2.09. The minimum Gasteiger partial charge on any atom is -0.494 e. The molecule has 2 aliphatic rings. The molecule has 23 heavy (non-hydrogen) atoms. The minimum absolute atomic E-state index is 0.0258.